The van der Waals surface area contributed by atoms with Crippen LogP contribution >= 0.6 is 0 Å². The van der Waals surface area contributed by atoms with E-state index in [0.29, 0.717) is 5.69 Å². The largest absolute Gasteiger partial charge is 0.436 e. The predicted molar refractivity (Wildman–Crippen MR) is 92.8 cm³/mol. The normalized spacial score (nSPS) is 12.0. The first-order valence-corrected chi connectivity index (χ1v) is 7.78. The Morgan fingerprint density at radius 3 is 2.20 bits per heavy atom. The number of aromatic nitrogens is 1. The molecule has 1 N–H and O–H groups in total. The fraction of sp³-hybridized carbons (Fsp3) is 0.0500. The SMILES string of the molecule is N#Cc1ccc(NC(=O)OC2c3ccccc3-c3ccccc32)cn1. The second-order valence-electron chi connectivity index (χ2n) is 5.63. The van der Waals surface area contributed by atoms with Crippen molar-refractivity contribution in [3.63, 3.8) is 0 Å². The zero-order valence-corrected chi connectivity index (χ0v) is 13.1. The molecule has 0 saturated heterocycles. The van der Waals surface area contributed by atoms with Gasteiger partial charge >= 0.3 is 6.09 Å². The number of amides is 1. The molecule has 1 amide bonds. The molecule has 1 aromatic heterocycles. The highest BCUT2D eigenvalue weighted by atomic mass is 16.6. The van der Waals surface area contributed by atoms with E-state index in [1.165, 1.54) is 12.3 Å². The van der Waals surface area contributed by atoms with Gasteiger partial charge in [-0.2, -0.15) is 5.26 Å². The van der Waals surface area contributed by atoms with E-state index in [1.807, 2.05) is 54.6 Å². The number of fused-ring (bicyclic) bond motifs is 3. The number of benzene rings is 2. The molecule has 0 atom stereocenters. The number of nitrogens with zero attached hydrogens (tertiary/aromatic N) is 2. The third kappa shape index (κ3) is 2.70. The van der Waals surface area contributed by atoms with Crippen molar-refractivity contribution >= 4 is 11.8 Å². The number of carbonyl (C=O) groups excluding carboxylic acids is 1. The first-order chi connectivity index (χ1) is 12.3. The lowest BCUT2D eigenvalue weighted by molar-refractivity contribution is 0.133. The molecule has 0 fully saturated rings. The molecule has 3 aromatic rings. The summed E-state index contributed by atoms with van der Waals surface area (Å²) >= 11 is 0. The first kappa shape index (κ1) is 14.9. The highest BCUT2D eigenvalue weighted by molar-refractivity contribution is 5.86. The van der Waals surface area contributed by atoms with E-state index in [2.05, 4.69) is 10.3 Å². The summed E-state index contributed by atoms with van der Waals surface area (Å²) in [5, 5.41) is 11.4. The molecule has 1 aliphatic rings. The number of pyridine rings is 1. The Labute approximate surface area is 144 Å². The van der Waals surface area contributed by atoms with Crippen LogP contribution in [0.2, 0.25) is 0 Å². The summed E-state index contributed by atoms with van der Waals surface area (Å²) in [5.41, 5.74) is 4.86. The molecule has 120 valence electrons. The number of hydrogen-bond donors (Lipinski definition) is 1. The molecule has 4 rings (SSSR count). The maximum atomic E-state index is 12.3. The molecule has 0 radical (unpaired) electrons. The van der Waals surface area contributed by atoms with Crippen LogP contribution in [0.1, 0.15) is 22.9 Å². The second-order valence-corrected chi connectivity index (χ2v) is 5.63. The van der Waals surface area contributed by atoms with Crippen molar-refractivity contribution in [2.24, 2.45) is 0 Å². The van der Waals surface area contributed by atoms with E-state index in [1.54, 1.807) is 6.07 Å². The van der Waals surface area contributed by atoms with Crippen LogP contribution in [0.25, 0.3) is 11.1 Å². The van der Waals surface area contributed by atoms with Gasteiger partial charge in [0.15, 0.2) is 6.10 Å². The van der Waals surface area contributed by atoms with Gasteiger partial charge in [0, 0.05) is 11.1 Å². The lowest BCUT2D eigenvalue weighted by atomic mass is 10.1. The van der Waals surface area contributed by atoms with Gasteiger partial charge in [-0.1, -0.05) is 48.5 Å². The first-order valence-electron chi connectivity index (χ1n) is 7.78. The van der Waals surface area contributed by atoms with Gasteiger partial charge < -0.3 is 4.74 Å². The lowest BCUT2D eigenvalue weighted by Crippen LogP contribution is -2.17. The average Bonchev–Trinajstić information content (AvgIpc) is 2.97. The lowest BCUT2D eigenvalue weighted by Gasteiger charge is -2.15. The van der Waals surface area contributed by atoms with E-state index < -0.39 is 12.2 Å². The van der Waals surface area contributed by atoms with E-state index in [9.17, 15) is 4.79 Å². The zero-order chi connectivity index (χ0) is 17.2. The Morgan fingerprint density at radius 1 is 1.00 bits per heavy atom. The van der Waals surface area contributed by atoms with Crippen molar-refractivity contribution in [3.05, 3.63) is 83.7 Å². The average molecular weight is 327 g/mol. The van der Waals surface area contributed by atoms with Crippen LogP contribution in [0.15, 0.2) is 66.9 Å². The van der Waals surface area contributed by atoms with Crippen molar-refractivity contribution in [3.8, 4) is 17.2 Å². The highest BCUT2D eigenvalue weighted by Crippen LogP contribution is 2.45. The summed E-state index contributed by atoms with van der Waals surface area (Å²) < 4.78 is 5.68. The van der Waals surface area contributed by atoms with Crippen LogP contribution in [-0.4, -0.2) is 11.1 Å². The maximum absolute atomic E-state index is 12.3. The summed E-state index contributed by atoms with van der Waals surface area (Å²) in [6.07, 6.45) is 0.415. The van der Waals surface area contributed by atoms with Gasteiger partial charge in [-0.05, 0) is 23.3 Å². The zero-order valence-electron chi connectivity index (χ0n) is 13.1. The number of nitriles is 1. The van der Waals surface area contributed by atoms with E-state index in [-0.39, 0.29) is 5.69 Å². The van der Waals surface area contributed by atoms with Gasteiger partial charge in [0.2, 0.25) is 0 Å². The van der Waals surface area contributed by atoms with Crippen LogP contribution in [0.4, 0.5) is 10.5 Å². The number of anilines is 1. The van der Waals surface area contributed by atoms with Crippen molar-refractivity contribution in [1.82, 2.24) is 4.98 Å². The van der Waals surface area contributed by atoms with Crippen LogP contribution in [0.5, 0.6) is 0 Å². The third-order valence-corrected chi connectivity index (χ3v) is 4.13. The fourth-order valence-corrected chi connectivity index (χ4v) is 3.02. The summed E-state index contributed by atoms with van der Waals surface area (Å²) in [6, 6.07) is 20.9. The topological polar surface area (TPSA) is 75.0 Å². The predicted octanol–water partition coefficient (Wildman–Crippen LogP) is 4.27. The maximum Gasteiger partial charge on any atom is 0.412 e. The number of carbonyl (C=O) groups is 1. The van der Waals surface area contributed by atoms with Gasteiger partial charge in [0.25, 0.3) is 0 Å². The van der Waals surface area contributed by atoms with Gasteiger partial charge in [0.1, 0.15) is 11.8 Å². The molecular formula is C20H13N3O2. The Bertz CT molecular complexity index is 945. The molecule has 2 aromatic carbocycles. The van der Waals surface area contributed by atoms with Crippen molar-refractivity contribution < 1.29 is 9.53 Å². The molecule has 1 heterocycles. The molecule has 0 unspecified atom stereocenters. The van der Waals surface area contributed by atoms with Crippen molar-refractivity contribution in [1.29, 1.82) is 5.26 Å². The van der Waals surface area contributed by atoms with E-state index >= 15 is 0 Å². The van der Waals surface area contributed by atoms with Crippen LogP contribution in [-0.2, 0) is 4.74 Å². The summed E-state index contributed by atoms with van der Waals surface area (Å²) in [6.45, 7) is 0. The standard InChI is InChI=1S/C20H13N3O2/c21-11-13-9-10-14(12-22-13)23-20(24)25-19-17-7-3-1-5-15(17)16-6-2-4-8-18(16)19/h1-10,12,19H,(H,23,24). The van der Waals surface area contributed by atoms with Crippen molar-refractivity contribution in [2.45, 2.75) is 6.10 Å². The number of hydrogen-bond acceptors (Lipinski definition) is 4. The molecule has 1 aliphatic carbocycles. The minimum atomic E-state index is -0.567. The molecule has 0 spiro atoms. The van der Waals surface area contributed by atoms with Gasteiger partial charge in [-0.3, -0.25) is 5.32 Å². The monoisotopic (exact) mass is 327 g/mol. The Balaban J connectivity index is 1.58. The van der Waals surface area contributed by atoms with Gasteiger partial charge in [-0.15, -0.1) is 0 Å². The Hall–Kier alpha value is -3.65. The molecule has 0 bridgehead atoms. The van der Waals surface area contributed by atoms with Crippen LogP contribution < -0.4 is 5.32 Å². The minimum absolute atomic E-state index is 0.289. The van der Waals surface area contributed by atoms with Crippen molar-refractivity contribution in [2.75, 3.05) is 5.32 Å². The molecule has 5 nitrogen and oxygen atoms in total. The summed E-state index contributed by atoms with van der Waals surface area (Å²) in [5.74, 6) is 0. The number of ether oxygens (including phenoxy) is 1. The smallest absolute Gasteiger partial charge is 0.412 e. The quantitative estimate of drug-likeness (QED) is 0.762. The molecule has 0 aliphatic heterocycles. The van der Waals surface area contributed by atoms with Gasteiger partial charge in [0.05, 0.1) is 11.9 Å². The number of rotatable bonds is 2. The third-order valence-electron chi connectivity index (χ3n) is 4.13. The molecule has 0 saturated carbocycles. The van der Waals surface area contributed by atoms with E-state index in [0.717, 1.165) is 22.3 Å². The summed E-state index contributed by atoms with van der Waals surface area (Å²) in [7, 11) is 0. The summed E-state index contributed by atoms with van der Waals surface area (Å²) in [4.78, 5) is 16.2. The Kier molecular flexibility index (Phi) is 3.64. The highest BCUT2D eigenvalue weighted by Gasteiger charge is 2.31. The minimum Gasteiger partial charge on any atom is -0.436 e. The molecule has 25 heavy (non-hydrogen) atoms. The number of nitrogens with one attached hydrogen (secondary N) is 1. The van der Waals surface area contributed by atoms with E-state index in [4.69, 9.17) is 10.00 Å². The fourth-order valence-electron chi connectivity index (χ4n) is 3.02. The van der Waals surface area contributed by atoms with Crippen LogP contribution in [0, 0.1) is 11.3 Å². The Morgan fingerprint density at radius 2 is 1.64 bits per heavy atom. The van der Waals surface area contributed by atoms with Gasteiger partial charge in [-0.25, -0.2) is 9.78 Å². The molecule has 5 heteroatoms. The molecular weight excluding hydrogens is 314 g/mol. The van der Waals surface area contributed by atoms with Crippen LogP contribution in [0.3, 0.4) is 0 Å². The second kappa shape index (κ2) is 6.10.